The maximum absolute atomic E-state index is 9.20. The second-order valence-corrected chi connectivity index (χ2v) is 2.74. The first kappa shape index (κ1) is 7.55. The van der Waals surface area contributed by atoms with Gasteiger partial charge >= 0.3 is 0 Å². The maximum Gasteiger partial charge on any atom is 0.0725 e. The first-order chi connectivity index (χ1) is 4.80. The van der Waals surface area contributed by atoms with Crippen molar-refractivity contribution in [2.24, 2.45) is 0 Å². The zero-order valence-corrected chi connectivity index (χ0v) is 6.38. The molecule has 1 atom stereocenters. The van der Waals surface area contributed by atoms with Crippen LogP contribution in [0.2, 0.25) is 0 Å². The highest BCUT2D eigenvalue weighted by atomic mass is 16.3. The van der Waals surface area contributed by atoms with Crippen LogP contribution >= 0.6 is 0 Å². The Morgan fingerprint density at radius 3 is 3.10 bits per heavy atom. The third-order valence-corrected chi connectivity index (χ3v) is 1.82. The van der Waals surface area contributed by atoms with Crippen LogP contribution in [0.25, 0.3) is 0 Å². The SMILES string of the molecule is CC(O)C1=CC=CCCC1. The molecule has 0 aromatic carbocycles. The second-order valence-electron chi connectivity index (χ2n) is 2.74. The van der Waals surface area contributed by atoms with E-state index in [2.05, 4.69) is 6.08 Å². The van der Waals surface area contributed by atoms with Gasteiger partial charge in [-0.15, -0.1) is 0 Å². The molecule has 0 aliphatic heterocycles. The van der Waals surface area contributed by atoms with Gasteiger partial charge in [0.05, 0.1) is 6.10 Å². The highest BCUT2D eigenvalue weighted by molar-refractivity contribution is 5.17. The Kier molecular flexibility index (Phi) is 2.69. The molecule has 56 valence electrons. The van der Waals surface area contributed by atoms with Crippen molar-refractivity contribution in [1.29, 1.82) is 0 Å². The minimum atomic E-state index is -0.261. The predicted octanol–water partition coefficient (Wildman–Crippen LogP) is 2.03. The van der Waals surface area contributed by atoms with Gasteiger partial charge in [0.2, 0.25) is 0 Å². The van der Waals surface area contributed by atoms with Crippen LogP contribution in [-0.4, -0.2) is 11.2 Å². The van der Waals surface area contributed by atoms with E-state index in [0.717, 1.165) is 18.4 Å². The van der Waals surface area contributed by atoms with Gasteiger partial charge in [0.15, 0.2) is 0 Å². The number of aliphatic hydroxyl groups is 1. The summed E-state index contributed by atoms with van der Waals surface area (Å²) in [6.45, 7) is 1.82. The van der Waals surface area contributed by atoms with E-state index < -0.39 is 0 Å². The van der Waals surface area contributed by atoms with Crippen LogP contribution in [0.3, 0.4) is 0 Å². The molecule has 0 amide bonds. The largest absolute Gasteiger partial charge is 0.389 e. The lowest BCUT2D eigenvalue weighted by Crippen LogP contribution is -2.03. The molecule has 0 aromatic rings. The number of rotatable bonds is 1. The molecule has 0 radical (unpaired) electrons. The first-order valence-corrected chi connectivity index (χ1v) is 3.84. The van der Waals surface area contributed by atoms with E-state index in [-0.39, 0.29) is 6.10 Å². The van der Waals surface area contributed by atoms with Crippen LogP contribution in [0, 0.1) is 0 Å². The van der Waals surface area contributed by atoms with Crippen LogP contribution in [0.5, 0.6) is 0 Å². The van der Waals surface area contributed by atoms with E-state index in [1.807, 2.05) is 19.1 Å². The average Bonchev–Trinajstić information content (AvgIpc) is 2.12. The Hall–Kier alpha value is -0.560. The van der Waals surface area contributed by atoms with Crippen molar-refractivity contribution >= 4 is 0 Å². The molecule has 0 heterocycles. The quantitative estimate of drug-likeness (QED) is 0.588. The molecule has 1 N–H and O–H groups in total. The number of hydrogen-bond acceptors (Lipinski definition) is 1. The third-order valence-electron chi connectivity index (χ3n) is 1.82. The van der Waals surface area contributed by atoms with Gasteiger partial charge in [-0.1, -0.05) is 18.2 Å². The Morgan fingerprint density at radius 2 is 2.40 bits per heavy atom. The molecule has 0 aromatic heterocycles. The highest BCUT2D eigenvalue weighted by Gasteiger charge is 2.03. The fraction of sp³-hybridized carbons (Fsp3) is 0.556. The number of hydrogen-bond donors (Lipinski definition) is 1. The van der Waals surface area contributed by atoms with Gasteiger partial charge in [-0.05, 0) is 31.8 Å². The minimum absolute atomic E-state index is 0.261. The summed E-state index contributed by atoms with van der Waals surface area (Å²) in [6, 6.07) is 0. The van der Waals surface area contributed by atoms with Crippen LogP contribution in [0.15, 0.2) is 23.8 Å². The summed E-state index contributed by atoms with van der Waals surface area (Å²) in [4.78, 5) is 0. The van der Waals surface area contributed by atoms with Gasteiger partial charge < -0.3 is 5.11 Å². The fourth-order valence-corrected chi connectivity index (χ4v) is 1.14. The molecule has 0 saturated heterocycles. The predicted molar refractivity (Wildman–Crippen MR) is 42.8 cm³/mol. The zero-order valence-electron chi connectivity index (χ0n) is 6.38. The van der Waals surface area contributed by atoms with Gasteiger partial charge in [-0.2, -0.15) is 0 Å². The van der Waals surface area contributed by atoms with Crippen LogP contribution in [0.4, 0.5) is 0 Å². The molecule has 0 spiro atoms. The molecular formula is C9H14O. The third kappa shape index (κ3) is 1.99. The fourth-order valence-electron chi connectivity index (χ4n) is 1.14. The number of allylic oxidation sites excluding steroid dienone is 3. The topological polar surface area (TPSA) is 20.2 Å². The van der Waals surface area contributed by atoms with E-state index in [1.54, 1.807) is 0 Å². The van der Waals surface area contributed by atoms with Crippen molar-refractivity contribution in [3.8, 4) is 0 Å². The van der Waals surface area contributed by atoms with Gasteiger partial charge in [-0.25, -0.2) is 0 Å². The van der Waals surface area contributed by atoms with E-state index >= 15 is 0 Å². The Morgan fingerprint density at radius 1 is 1.60 bits per heavy atom. The van der Waals surface area contributed by atoms with Crippen LogP contribution in [-0.2, 0) is 0 Å². The van der Waals surface area contributed by atoms with Gasteiger partial charge in [0.1, 0.15) is 0 Å². The number of aliphatic hydroxyl groups excluding tert-OH is 1. The zero-order chi connectivity index (χ0) is 7.40. The van der Waals surface area contributed by atoms with Crippen molar-refractivity contribution in [3.63, 3.8) is 0 Å². The molecule has 1 rings (SSSR count). The summed E-state index contributed by atoms with van der Waals surface area (Å²) < 4.78 is 0. The average molecular weight is 138 g/mol. The summed E-state index contributed by atoms with van der Waals surface area (Å²) in [7, 11) is 0. The molecular weight excluding hydrogens is 124 g/mol. The Labute approximate surface area is 62.1 Å². The molecule has 1 unspecified atom stereocenters. The smallest absolute Gasteiger partial charge is 0.0725 e. The van der Waals surface area contributed by atoms with Gasteiger partial charge in [0, 0.05) is 0 Å². The van der Waals surface area contributed by atoms with Crippen molar-refractivity contribution in [2.75, 3.05) is 0 Å². The minimum Gasteiger partial charge on any atom is -0.389 e. The lowest BCUT2D eigenvalue weighted by Gasteiger charge is -2.06. The lowest BCUT2D eigenvalue weighted by molar-refractivity contribution is 0.226. The maximum atomic E-state index is 9.20. The van der Waals surface area contributed by atoms with Crippen molar-refractivity contribution in [3.05, 3.63) is 23.8 Å². The summed E-state index contributed by atoms with van der Waals surface area (Å²) in [6.07, 6.45) is 9.31. The van der Waals surface area contributed by atoms with Crippen LogP contribution < -0.4 is 0 Å². The summed E-state index contributed by atoms with van der Waals surface area (Å²) >= 11 is 0. The van der Waals surface area contributed by atoms with Gasteiger partial charge in [-0.3, -0.25) is 0 Å². The second kappa shape index (κ2) is 3.57. The summed E-state index contributed by atoms with van der Waals surface area (Å²) in [5, 5.41) is 9.20. The van der Waals surface area contributed by atoms with Crippen molar-refractivity contribution in [1.82, 2.24) is 0 Å². The summed E-state index contributed by atoms with van der Waals surface area (Å²) in [5.41, 5.74) is 1.16. The van der Waals surface area contributed by atoms with E-state index in [1.165, 1.54) is 6.42 Å². The molecule has 1 aliphatic carbocycles. The van der Waals surface area contributed by atoms with E-state index in [4.69, 9.17) is 0 Å². The monoisotopic (exact) mass is 138 g/mol. The lowest BCUT2D eigenvalue weighted by atomic mass is 10.1. The van der Waals surface area contributed by atoms with Crippen LogP contribution in [0.1, 0.15) is 26.2 Å². The standard InChI is InChI=1S/C9H14O/c1-8(10)9-6-4-2-3-5-7-9/h2,4,6,8,10H,3,5,7H2,1H3. The van der Waals surface area contributed by atoms with Crippen molar-refractivity contribution < 1.29 is 5.11 Å². The molecule has 0 bridgehead atoms. The highest BCUT2D eigenvalue weighted by Crippen LogP contribution is 2.15. The van der Waals surface area contributed by atoms with E-state index in [0.29, 0.717) is 0 Å². The Bertz CT molecular complexity index is 154. The normalized spacial score (nSPS) is 21.6. The van der Waals surface area contributed by atoms with E-state index in [9.17, 15) is 5.11 Å². The molecule has 1 aliphatic rings. The van der Waals surface area contributed by atoms with Gasteiger partial charge in [0.25, 0.3) is 0 Å². The first-order valence-electron chi connectivity index (χ1n) is 3.84. The van der Waals surface area contributed by atoms with Crippen molar-refractivity contribution in [2.45, 2.75) is 32.3 Å². The molecule has 1 heteroatoms. The molecule has 0 fully saturated rings. The Balaban J connectivity index is 2.57. The molecule has 0 saturated carbocycles. The molecule has 10 heavy (non-hydrogen) atoms. The summed E-state index contributed by atoms with van der Waals surface area (Å²) in [5.74, 6) is 0. The molecule has 1 nitrogen and oxygen atoms in total.